The van der Waals surface area contributed by atoms with Gasteiger partial charge >= 0.3 is 6.09 Å². The maximum atomic E-state index is 12.7. The average molecular weight is 467 g/mol. The normalized spacial score (nSPS) is 32.2. The Morgan fingerprint density at radius 1 is 1.24 bits per heavy atom. The van der Waals surface area contributed by atoms with Gasteiger partial charge in [0.1, 0.15) is 6.61 Å². The van der Waals surface area contributed by atoms with Gasteiger partial charge in [0.25, 0.3) is 6.43 Å². The largest absolute Gasteiger partial charge is 0.443 e. The molecule has 7 nitrogen and oxygen atoms in total. The summed E-state index contributed by atoms with van der Waals surface area (Å²) in [6, 6.07) is 9.56. The minimum absolute atomic E-state index is 0.0387. The minimum Gasteiger partial charge on any atom is -0.443 e. The standard InChI is InChI=1S/C24H32F2N2O5/c1-16-11-24(15-31-14-22(29)27-24)20(28(16)23(30)33-13-21(25)26)12-32-19-9-7-18(8-10-19)17-5-3-2-4-6-17/h2-6,16,18-21H,7-15H2,1H3,(H,27,29)/t16-,18-,19+,20+,24-/m1/s1. The molecular weight excluding hydrogens is 434 g/mol. The highest BCUT2D eigenvalue weighted by Gasteiger charge is 2.55. The molecule has 2 aliphatic heterocycles. The molecule has 33 heavy (non-hydrogen) atoms. The fraction of sp³-hybridized carbons (Fsp3) is 0.667. The summed E-state index contributed by atoms with van der Waals surface area (Å²) in [5, 5.41) is 3.00. The predicted molar refractivity (Wildman–Crippen MR) is 116 cm³/mol. The number of amides is 2. The summed E-state index contributed by atoms with van der Waals surface area (Å²) < 4.78 is 41.9. The van der Waals surface area contributed by atoms with Crippen LogP contribution in [0.2, 0.25) is 0 Å². The minimum atomic E-state index is -2.74. The predicted octanol–water partition coefficient (Wildman–Crippen LogP) is 3.48. The Morgan fingerprint density at radius 2 is 1.97 bits per heavy atom. The van der Waals surface area contributed by atoms with Gasteiger partial charge in [0.15, 0.2) is 6.61 Å². The Morgan fingerprint density at radius 3 is 2.64 bits per heavy atom. The number of alkyl halides is 2. The molecule has 2 amide bonds. The van der Waals surface area contributed by atoms with Crippen LogP contribution in [-0.4, -0.2) is 73.5 Å². The lowest BCUT2D eigenvalue weighted by atomic mass is 9.82. The smallest absolute Gasteiger partial charge is 0.410 e. The Balaban J connectivity index is 1.41. The van der Waals surface area contributed by atoms with Gasteiger partial charge in [-0.3, -0.25) is 9.69 Å². The second-order valence-corrected chi connectivity index (χ2v) is 9.36. The average Bonchev–Trinajstić information content (AvgIpc) is 3.06. The summed E-state index contributed by atoms with van der Waals surface area (Å²) in [6.45, 7) is 1.23. The molecule has 3 atom stereocenters. The van der Waals surface area contributed by atoms with Crippen LogP contribution in [0.3, 0.4) is 0 Å². The molecule has 182 valence electrons. The summed E-state index contributed by atoms with van der Waals surface area (Å²) >= 11 is 0. The molecule has 2 heterocycles. The maximum absolute atomic E-state index is 12.7. The van der Waals surface area contributed by atoms with Crippen molar-refractivity contribution in [2.24, 2.45) is 0 Å². The van der Waals surface area contributed by atoms with Gasteiger partial charge in [-0.15, -0.1) is 0 Å². The van der Waals surface area contributed by atoms with E-state index < -0.39 is 30.7 Å². The fourth-order valence-electron chi connectivity index (χ4n) is 5.57. The molecule has 0 unspecified atom stereocenters. The Hall–Kier alpha value is -2.26. The Labute approximate surface area is 192 Å². The first-order chi connectivity index (χ1) is 15.9. The third-order valence-corrected chi connectivity index (χ3v) is 7.07. The van der Waals surface area contributed by atoms with E-state index in [4.69, 9.17) is 14.2 Å². The van der Waals surface area contributed by atoms with Crippen LogP contribution >= 0.6 is 0 Å². The zero-order valence-electron chi connectivity index (χ0n) is 18.9. The van der Waals surface area contributed by atoms with Crippen molar-refractivity contribution in [2.75, 3.05) is 26.4 Å². The second kappa shape index (κ2) is 10.3. The van der Waals surface area contributed by atoms with Gasteiger partial charge in [0.05, 0.1) is 30.9 Å². The molecule has 9 heteroatoms. The van der Waals surface area contributed by atoms with Crippen molar-refractivity contribution in [1.29, 1.82) is 0 Å². The number of carbonyl (C=O) groups excluding carboxylic acids is 2. The van der Waals surface area contributed by atoms with Gasteiger partial charge in [0, 0.05) is 6.04 Å². The monoisotopic (exact) mass is 466 g/mol. The number of hydrogen-bond acceptors (Lipinski definition) is 5. The molecule has 4 rings (SSSR count). The Bertz CT molecular complexity index is 818. The second-order valence-electron chi connectivity index (χ2n) is 9.36. The first-order valence-corrected chi connectivity index (χ1v) is 11.7. The Kier molecular flexibility index (Phi) is 7.48. The molecule has 2 saturated heterocycles. The summed E-state index contributed by atoms with van der Waals surface area (Å²) in [6.07, 6.45) is 0.742. The van der Waals surface area contributed by atoms with E-state index in [1.54, 1.807) is 0 Å². The molecule has 1 aromatic carbocycles. The number of halogens is 2. The van der Waals surface area contributed by atoms with Crippen molar-refractivity contribution < 1.29 is 32.6 Å². The van der Waals surface area contributed by atoms with E-state index in [0.717, 1.165) is 25.7 Å². The number of ether oxygens (including phenoxy) is 3. The highest BCUT2D eigenvalue weighted by molar-refractivity contribution is 5.79. The first kappa shape index (κ1) is 23.9. The molecule has 1 spiro atoms. The van der Waals surface area contributed by atoms with Crippen LogP contribution in [0.25, 0.3) is 0 Å². The number of likely N-dealkylation sites (tertiary alicyclic amines) is 1. The van der Waals surface area contributed by atoms with E-state index >= 15 is 0 Å². The maximum Gasteiger partial charge on any atom is 0.410 e. The van der Waals surface area contributed by atoms with Gasteiger partial charge in [0.2, 0.25) is 5.91 Å². The molecule has 0 bridgehead atoms. The van der Waals surface area contributed by atoms with E-state index in [-0.39, 0.29) is 37.9 Å². The van der Waals surface area contributed by atoms with E-state index in [1.807, 2.05) is 13.0 Å². The van der Waals surface area contributed by atoms with Gasteiger partial charge in [-0.25, -0.2) is 13.6 Å². The SMILES string of the molecule is C[C@@H]1C[C@@]2(COCC(=O)N2)[C@H](CO[C@H]2CC[C@@H](c3ccccc3)CC2)N1C(=O)OCC(F)F. The first-order valence-electron chi connectivity index (χ1n) is 11.7. The summed E-state index contributed by atoms with van der Waals surface area (Å²) in [5.41, 5.74) is 0.523. The van der Waals surface area contributed by atoms with Crippen LogP contribution in [0, 0.1) is 0 Å². The zero-order chi connectivity index (χ0) is 23.4. The molecule has 1 aliphatic carbocycles. The van der Waals surface area contributed by atoms with Gasteiger partial charge in [-0.2, -0.15) is 0 Å². The van der Waals surface area contributed by atoms with Crippen LogP contribution in [0.4, 0.5) is 13.6 Å². The number of nitrogens with zero attached hydrogens (tertiary/aromatic N) is 1. The van der Waals surface area contributed by atoms with Crippen molar-refractivity contribution >= 4 is 12.0 Å². The van der Waals surface area contributed by atoms with Crippen LogP contribution in [0.1, 0.15) is 50.5 Å². The molecule has 1 aromatic rings. The fourth-order valence-corrected chi connectivity index (χ4v) is 5.57. The van der Waals surface area contributed by atoms with Crippen LogP contribution in [-0.2, 0) is 19.0 Å². The number of carbonyl (C=O) groups is 2. The molecule has 3 aliphatic rings. The molecular formula is C24H32F2N2O5. The third kappa shape index (κ3) is 5.46. The quantitative estimate of drug-likeness (QED) is 0.695. The number of rotatable bonds is 6. The van der Waals surface area contributed by atoms with E-state index in [1.165, 1.54) is 10.5 Å². The van der Waals surface area contributed by atoms with Crippen molar-refractivity contribution in [3.05, 3.63) is 35.9 Å². The van der Waals surface area contributed by atoms with Gasteiger partial charge in [-0.1, -0.05) is 30.3 Å². The lowest BCUT2D eigenvalue weighted by molar-refractivity contribution is -0.137. The van der Waals surface area contributed by atoms with Crippen LogP contribution < -0.4 is 5.32 Å². The molecule has 0 radical (unpaired) electrons. The van der Waals surface area contributed by atoms with Gasteiger partial charge < -0.3 is 19.5 Å². The number of hydrogen-bond donors (Lipinski definition) is 1. The summed E-state index contributed by atoms with van der Waals surface area (Å²) in [7, 11) is 0. The van der Waals surface area contributed by atoms with Gasteiger partial charge in [-0.05, 0) is 50.5 Å². The summed E-state index contributed by atoms with van der Waals surface area (Å²) in [4.78, 5) is 26.3. The van der Waals surface area contributed by atoms with Crippen LogP contribution in [0.15, 0.2) is 30.3 Å². The molecule has 3 fully saturated rings. The molecule has 1 saturated carbocycles. The van der Waals surface area contributed by atoms with Crippen molar-refractivity contribution in [2.45, 2.75) is 75.1 Å². The molecule has 1 N–H and O–H groups in total. The van der Waals surface area contributed by atoms with Crippen molar-refractivity contribution in [3.63, 3.8) is 0 Å². The molecule has 0 aromatic heterocycles. The van der Waals surface area contributed by atoms with E-state index in [2.05, 4.69) is 29.6 Å². The number of morpholine rings is 1. The summed E-state index contributed by atoms with van der Waals surface area (Å²) in [5.74, 6) is 0.250. The van der Waals surface area contributed by atoms with Crippen LogP contribution in [0.5, 0.6) is 0 Å². The number of benzene rings is 1. The van der Waals surface area contributed by atoms with Crippen molar-refractivity contribution in [3.8, 4) is 0 Å². The number of nitrogens with one attached hydrogen (secondary N) is 1. The highest BCUT2D eigenvalue weighted by atomic mass is 19.3. The lowest BCUT2D eigenvalue weighted by Crippen LogP contribution is -2.65. The van der Waals surface area contributed by atoms with E-state index in [9.17, 15) is 18.4 Å². The topological polar surface area (TPSA) is 77.1 Å². The third-order valence-electron chi connectivity index (χ3n) is 7.07. The van der Waals surface area contributed by atoms with E-state index in [0.29, 0.717) is 12.3 Å². The van der Waals surface area contributed by atoms with Crippen molar-refractivity contribution in [1.82, 2.24) is 10.2 Å². The lowest BCUT2D eigenvalue weighted by Gasteiger charge is -2.41. The highest BCUT2D eigenvalue weighted by Crippen LogP contribution is 2.38. The zero-order valence-corrected chi connectivity index (χ0v) is 18.9.